The minimum absolute atomic E-state index is 0.0212. The van der Waals surface area contributed by atoms with E-state index in [9.17, 15) is 9.59 Å². The van der Waals surface area contributed by atoms with Crippen LogP contribution in [-0.2, 0) is 20.7 Å². The molecule has 1 aromatic rings. The zero-order valence-corrected chi connectivity index (χ0v) is 15.1. The average Bonchev–Trinajstić information content (AvgIpc) is 3.06. The number of hydrogen-bond donors (Lipinski definition) is 1. The molecule has 0 aliphatic carbocycles. The summed E-state index contributed by atoms with van der Waals surface area (Å²) in [5.74, 6) is 0.0212. The second-order valence-electron chi connectivity index (χ2n) is 7.53. The molecular formula is C19H26N2O4. The Balaban J connectivity index is 1.81. The summed E-state index contributed by atoms with van der Waals surface area (Å²) in [5, 5.41) is 2.83. The Bertz CT molecular complexity index is 660. The molecule has 3 rings (SSSR count). The van der Waals surface area contributed by atoms with Crippen molar-refractivity contribution in [3.63, 3.8) is 0 Å². The van der Waals surface area contributed by atoms with Gasteiger partial charge in [0.2, 0.25) is 0 Å². The topological polar surface area (TPSA) is 67.9 Å². The lowest BCUT2D eigenvalue weighted by atomic mass is 9.99. The van der Waals surface area contributed by atoms with Crippen LogP contribution in [0.3, 0.4) is 0 Å². The molecule has 6 heteroatoms. The Kier molecular flexibility index (Phi) is 4.99. The van der Waals surface area contributed by atoms with E-state index >= 15 is 0 Å². The molecule has 2 amide bonds. The average molecular weight is 346 g/mol. The van der Waals surface area contributed by atoms with Crippen molar-refractivity contribution in [3.8, 4) is 0 Å². The fourth-order valence-corrected chi connectivity index (χ4v) is 3.33. The smallest absolute Gasteiger partial charge is 0.412 e. The lowest BCUT2D eigenvalue weighted by molar-refractivity contribution is -0.127. The van der Waals surface area contributed by atoms with Gasteiger partial charge in [0, 0.05) is 24.5 Å². The van der Waals surface area contributed by atoms with E-state index in [1.807, 2.05) is 39.0 Å². The number of fused-ring (bicyclic) bond motifs is 1. The number of rotatable bonds is 2. The van der Waals surface area contributed by atoms with E-state index in [4.69, 9.17) is 9.47 Å². The van der Waals surface area contributed by atoms with Crippen molar-refractivity contribution >= 4 is 23.4 Å². The van der Waals surface area contributed by atoms with Gasteiger partial charge < -0.3 is 14.4 Å². The zero-order chi connectivity index (χ0) is 18.0. The summed E-state index contributed by atoms with van der Waals surface area (Å²) in [4.78, 5) is 26.7. The molecule has 0 aromatic heterocycles. The first kappa shape index (κ1) is 17.7. The number of carbonyl (C=O) groups is 2. The summed E-state index contributed by atoms with van der Waals surface area (Å²) in [5.41, 5.74) is 1.99. The van der Waals surface area contributed by atoms with E-state index in [2.05, 4.69) is 5.32 Å². The summed E-state index contributed by atoms with van der Waals surface area (Å²) in [6, 6.07) is 5.64. The Hall–Kier alpha value is -2.08. The van der Waals surface area contributed by atoms with Crippen molar-refractivity contribution < 1.29 is 19.1 Å². The van der Waals surface area contributed by atoms with E-state index in [0.29, 0.717) is 18.8 Å². The zero-order valence-electron chi connectivity index (χ0n) is 15.1. The van der Waals surface area contributed by atoms with Crippen molar-refractivity contribution in [2.75, 3.05) is 23.4 Å². The van der Waals surface area contributed by atoms with Crippen molar-refractivity contribution in [1.29, 1.82) is 0 Å². The molecule has 2 aliphatic heterocycles. The van der Waals surface area contributed by atoms with Gasteiger partial charge in [0.15, 0.2) is 0 Å². The number of hydrogen-bond acceptors (Lipinski definition) is 4. The van der Waals surface area contributed by atoms with E-state index in [-0.39, 0.29) is 12.0 Å². The van der Waals surface area contributed by atoms with Gasteiger partial charge in [0.05, 0.1) is 0 Å². The Morgan fingerprint density at radius 2 is 2.08 bits per heavy atom. The van der Waals surface area contributed by atoms with Crippen LogP contribution in [0.4, 0.5) is 16.2 Å². The van der Waals surface area contributed by atoms with Crippen LogP contribution in [-0.4, -0.2) is 36.9 Å². The number of benzene rings is 1. The monoisotopic (exact) mass is 346 g/mol. The van der Waals surface area contributed by atoms with Crippen LogP contribution in [0.15, 0.2) is 18.2 Å². The van der Waals surface area contributed by atoms with E-state index in [1.165, 1.54) is 0 Å². The number of carbonyl (C=O) groups excluding carboxylic acids is 2. The van der Waals surface area contributed by atoms with Crippen LogP contribution in [0.25, 0.3) is 0 Å². The second-order valence-corrected chi connectivity index (χ2v) is 7.53. The molecular weight excluding hydrogens is 320 g/mol. The van der Waals surface area contributed by atoms with Gasteiger partial charge in [-0.25, -0.2) is 4.79 Å². The van der Waals surface area contributed by atoms with Gasteiger partial charge in [-0.05, 0) is 64.2 Å². The van der Waals surface area contributed by atoms with Gasteiger partial charge in [-0.2, -0.15) is 0 Å². The van der Waals surface area contributed by atoms with E-state index in [0.717, 1.165) is 36.9 Å². The van der Waals surface area contributed by atoms with Crippen molar-refractivity contribution in [1.82, 2.24) is 0 Å². The number of ether oxygens (including phenoxy) is 2. The van der Waals surface area contributed by atoms with Gasteiger partial charge in [0.25, 0.3) is 5.91 Å². The highest BCUT2D eigenvalue weighted by atomic mass is 16.6. The SMILES string of the molecule is CC(C)(C)OC(=O)Nc1cccc2c1CCCN2C(=O)C1CCCO1. The standard InChI is InChI=1S/C19H26N2O4/c1-19(2,3)25-18(23)20-14-8-4-9-15-13(14)7-5-11-21(15)17(22)16-10-6-12-24-16/h4,8-9,16H,5-7,10-12H2,1-3H3,(H,20,23). The maximum absolute atomic E-state index is 12.8. The Morgan fingerprint density at radius 1 is 1.28 bits per heavy atom. The third-order valence-electron chi connectivity index (χ3n) is 4.36. The molecule has 1 saturated heterocycles. The van der Waals surface area contributed by atoms with Crippen LogP contribution >= 0.6 is 0 Å². The van der Waals surface area contributed by atoms with Gasteiger partial charge in [0.1, 0.15) is 11.7 Å². The van der Waals surface area contributed by atoms with E-state index < -0.39 is 11.7 Å². The Labute approximate surface area is 148 Å². The molecule has 136 valence electrons. The highest BCUT2D eigenvalue weighted by Crippen LogP contribution is 2.34. The summed E-state index contributed by atoms with van der Waals surface area (Å²) < 4.78 is 10.9. The van der Waals surface area contributed by atoms with Crippen LogP contribution in [0, 0.1) is 0 Å². The summed E-state index contributed by atoms with van der Waals surface area (Å²) in [6.07, 6.45) is 2.56. The first-order chi connectivity index (χ1) is 11.8. The minimum atomic E-state index is -0.555. The van der Waals surface area contributed by atoms with Gasteiger partial charge >= 0.3 is 6.09 Å². The lowest BCUT2D eigenvalue weighted by Crippen LogP contribution is -2.42. The number of amides is 2. The van der Waals surface area contributed by atoms with Gasteiger partial charge in [-0.3, -0.25) is 10.1 Å². The molecule has 0 saturated carbocycles. The van der Waals surface area contributed by atoms with Crippen LogP contribution in [0.1, 0.15) is 45.6 Å². The largest absolute Gasteiger partial charge is 0.444 e. The Morgan fingerprint density at radius 3 is 2.76 bits per heavy atom. The maximum Gasteiger partial charge on any atom is 0.412 e. The number of anilines is 2. The molecule has 1 fully saturated rings. The lowest BCUT2D eigenvalue weighted by Gasteiger charge is -2.32. The van der Waals surface area contributed by atoms with Crippen molar-refractivity contribution in [2.45, 2.75) is 58.2 Å². The number of nitrogens with zero attached hydrogens (tertiary/aromatic N) is 1. The molecule has 2 heterocycles. The maximum atomic E-state index is 12.8. The molecule has 1 N–H and O–H groups in total. The predicted octanol–water partition coefficient (Wildman–Crippen LogP) is 3.49. The fraction of sp³-hybridized carbons (Fsp3) is 0.579. The molecule has 2 aliphatic rings. The molecule has 1 unspecified atom stereocenters. The third kappa shape index (κ3) is 4.12. The molecule has 1 atom stereocenters. The second kappa shape index (κ2) is 7.04. The predicted molar refractivity (Wildman–Crippen MR) is 95.9 cm³/mol. The van der Waals surface area contributed by atoms with Crippen LogP contribution in [0.5, 0.6) is 0 Å². The third-order valence-corrected chi connectivity index (χ3v) is 4.36. The molecule has 25 heavy (non-hydrogen) atoms. The molecule has 0 bridgehead atoms. The summed E-state index contributed by atoms with van der Waals surface area (Å²) >= 11 is 0. The molecule has 1 aromatic carbocycles. The van der Waals surface area contributed by atoms with E-state index in [1.54, 1.807) is 4.90 Å². The van der Waals surface area contributed by atoms with Gasteiger partial charge in [-0.15, -0.1) is 0 Å². The highest BCUT2D eigenvalue weighted by Gasteiger charge is 2.32. The van der Waals surface area contributed by atoms with Crippen LogP contribution < -0.4 is 10.2 Å². The van der Waals surface area contributed by atoms with Crippen molar-refractivity contribution in [3.05, 3.63) is 23.8 Å². The van der Waals surface area contributed by atoms with Crippen molar-refractivity contribution in [2.24, 2.45) is 0 Å². The quantitative estimate of drug-likeness (QED) is 0.890. The minimum Gasteiger partial charge on any atom is -0.444 e. The van der Waals surface area contributed by atoms with Crippen LogP contribution in [0.2, 0.25) is 0 Å². The highest BCUT2D eigenvalue weighted by molar-refractivity contribution is 5.99. The molecule has 0 spiro atoms. The molecule has 0 radical (unpaired) electrons. The molecule has 6 nitrogen and oxygen atoms in total. The summed E-state index contributed by atoms with van der Waals surface area (Å²) in [7, 11) is 0. The summed E-state index contributed by atoms with van der Waals surface area (Å²) in [6.45, 7) is 6.82. The first-order valence-electron chi connectivity index (χ1n) is 8.90. The normalized spacial score (nSPS) is 20.1. The fourth-order valence-electron chi connectivity index (χ4n) is 3.33. The number of nitrogens with one attached hydrogen (secondary N) is 1. The first-order valence-corrected chi connectivity index (χ1v) is 8.90. The van der Waals surface area contributed by atoms with Gasteiger partial charge in [-0.1, -0.05) is 6.07 Å².